The van der Waals surface area contributed by atoms with E-state index in [4.69, 9.17) is 0 Å². The Kier molecular flexibility index (Phi) is 4.61. The summed E-state index contributed by atoms with van der Waals surface area (Å²) in [6.07, 6.45) is 3.87. The first-order valence-electron chi connectivity index (χ1n) is 9.83. The van der Waals surface area contributed by atoms with Gasteiger partial charge in [-0.3, -0.25) is 14.3 Å². The molecule has 2 aliphatic heterocycles. The lowest BCUT2D eigenvalue weighted by Gasteiger charge is -2.34. The molecular weight excluding hydrogens is 342 g/mol. The van der Waals surface area contributed by atoms with E-state index in [-0.39, 0.29) is 23.9 Å². The highest BCUT2D eigenvalue weighted by Crippen LogP contribution is 2.28. The van der Waals surface area contributed by atoms with Gasteiger partial charge in [-0.1, -0.05) is 0 Å². The van der Waals surface area contributed by atoms with Crippen molar-refractivity contribution in [3.8, 4) is 0 Å². The van der Waals surface area contributed by atoms with Crippen LogP contribution in [0.3, 0.4) is 0 Å². The Bertz CT molecular complexity index is 943. The second-order valence-electron chi connectivity index (χ2n) is 7.82. The largest absolute Gasteiger partial charge is 0.340 e. The van der Waals surface area contributed by atoms with Gasteiger partial charge in [0.1, 0.15) is 12.4 Å². The maximum Gasteiger partial charge on any atom is 0.273 e. The molecule has 27 heavy (non-hydrogen) atoms. The minimum atomic E-state index is -0.153. The van der Waals surface area contributed by atoms with Gasteiger partial charge in [0, 0.05) is 49.4 Å². The number of aryl methyl sites for hydroxylation is 2. The van der Waals surface area contributed by atoms with Crippen LogP contribution in [0.5, 0.6) is 0 Å². The lowest BCUT2D eigenvalue weighted by Crippen LogP contribution is -2.42. The number of carbonyl (C=O) groups is 1. The molecular formula is C20H27N5O2. The molecule has 0 N–H and O–H groups in total. The van der Waals surface area contributed by atoms with Gasteiger partial charge in [-0.15, -0.1) is 0 Å². The number of carbonyl (C=O) groups excluding carboxylic acids is 1. The fourth-order valence-corrected chi connectivity index (χ4v) is 4.37. The van der Waals surface area contributed by atoms with Crippen LogP contribution in [0, 0.1) is 20.8 Å². The summed E-state index contributed by atoms with van der Waals surface area (Å²) in [6, 6.07) is 1.68. The van der Waals surface area contributed by atoms with Gasteiger partial charge >= 0.3 is 0 Å². The number of amides is 1. The molecule has 1 saturated heterocycles. The summed E-state index contributed by atoms with van der Waals surface area (Å²) in [5.74, 6) is 1.21. The van der Waals surface area contributed by atoms with Gasteiger partial charge in [-0.05, 0) is 45.6 Å². The summed E-state index contributed by atoms with van der Waals surface area (Å²) in [4.78, 5) is 31.0. The van der Waals surface area contributed by atoms with Gasteiger partial charge < -0.3 is 9.47 Å². The summed E-state index contributed by atoms with van der Waals surface area (Å²) in [6.45, 7) is 8.67. The van der Waals surface area contributed by atoms with E-state index in [9.17, 15) is 9.59 Å². The number of rotatable bonds is 3. The molecule has 7 nitrogen and oxygen atoms in total. The van der Waals surface area contributed by atoms with Crippen LogP contribution in [-0.2, 0) is 24.3 Å². The zero-order valence-corrected chi connectivity index (χ0v) is 16.4. The summed E-state index contributed by atoms with van der Waals surface area (Å²) in [5.41, 5.74) is 4.07. The molecule has 2 aromatic rings. The first-order valence-corrected chi connectivity index (χ1v) is 9.83. The Morgan fingerprint density at radius 1 is 1.22 bits per heavy atom. The normalized spacial score (nSPS) is 19.4. The third-order valence-corrected chi connectivity index (χ3v) is 6.14. The van der Waals surface area contributed by atoms with Crippen LogP contribution in [0.1, 0.15) is 53.7 Å². The lowest BCUT2D eigenvalue weighted by atomic mass is 9.94. The van der Waals surface area contributed by atoms with Gasteiger partial charge in [0.15, 0.2) is 0 Å². The van der Waals surface area contributed by atoms with Crippen LogP contribution in [0.2, 0.25) is 0 Å². The van der Waals surface area contributed by atoms with Crippen molar-refractivity contribution in [3.63, 3.8) is 0 Å². The molecule has 0 radical (unpaired) electrons. The fraction of sp³-hybridized carbons (Fsp3) is 0.600. The third-order valence-electron chi connectivity index (χ3n) is 6.14. The Morgan fingerprint density at radius 2 is 2.04 bits per heavy atom. The average Bonchev–Trinajstić information content (AvgIpc) is 3.21. The van der Waals surface area contributed by atoms with Crippen LogP contribution in [0.15, 0.2) is 10.9 Å². The van der Waals surface area contributed by atoms with Crippen molar-refractivity contribution in [1.29, 1.82) is 0 Å². The second kappa shape index (κ2) is 6.94. The fourth-order valence-electron chi connectivity index (χ4n) is 4.37. The van der Waals surface area contributed by atoms with Crippen LogP contribution >= 0.6 is 0 Å². The van der Waals surface area contributed by atoms with Crippen LogP contribution in [-0.4, -0.2) is 43.2 Å². The molecule has 0 saturated carbocycles. The van der Waals surface area contributed by atoms with E-state index in [1.165, 1.54) is 0 Å². The number of hydrogen-bond acceptors (Lipinski definition) is 4. The van der Waals surface area contributed by atoms with Gasteiger partial charge in [0.2, 0.25) is 5.91 Å². The molecule has 2 aromatic heterocycles. The number of fused-ring (bicyclic) bond motifs is 1. The van der Waals surface area contributed by atoms with Crippen LogP contribution in [0.4, 0.5) is 0 Å². The summed E-state index contributed by atoms with van der Waals surface area (Å²) < 4.78 is 4.01. The quantitative estimate of drug-likeness (QED) is 0.826. The van der Waals surface area contributed by atoms with E-state index >= 15 is 0 Å². The molecule has 1 fully saturated rings. The van der Waals surface area contributed by atoms with Gasteiger partial charge in [-0.25, -0.2) is 0 Å². The first kappa shape index (κ1) is 17.9. The topological polar surface area (TPSA) is 73.0 Å². The predicted octanol–water partition coefficient (Wildman–Crippen LogP) is 1.72. The van der Waals surface area contributed by atoms with Crippen molar-refractivity contribution in [3.05, 3.63) is 44.9 Å². The Balaban J connectivity index is 1.52. The van der Waals surface area contributed by atoms with Crippen molar-refractivity contribution < 1.29 is 4.79 Å². The maximum atomic E-state index is 12.9. The van der Waals surface area contributed by atoms with Crippen molar-refractivity contribution in [1.82, 2.24) is 24.2 Å². The predicted molar refractivity (Wildman–Crippen MR) is 102 cm³/mol. The molecule has 4 heterocycles. The monoisotopic (exact) mass is 369 g/mol. The Morgan fingerprint density at radius 3 is 2.78 bits per heavy atom. The van der Waals surface area contributed by atoms with E-state index in [0.717, 1.165) is 67.2 Å². The SMILES string of the molecule is Cc1nn(CC(=O)N2CCC[C@H](c3cc(=O)nc4n3CCC4)C2)c(C)c1C. The summed E-state index contributed by atoms with van der Waals surface area (Å²) >= 11 is 0. The number of likely N-dealkylation sites (tertiary alicyclic amines) is 1. The van der Waals surface area contributed by atoms with Crippen molar-refractivity contribution in [2.24, 2.45) is 0 Å². The Labute approximate surface area is 159 Å². The highest BCUT2D eigenvalue weighted by molar-refractivity contribution is 5.76. The van der Waals surface area contributed by atoms with Crippen molar-refractivity contribution in [2.75, 3.05) is 13.1 Å². The van der Waals surface area contributed by atoms with Crippen LogP contribution in [0.25, 0.3) is 0 Å². The minimum Gasteiger partial charge on any atom is -0.340 e. The smallest absolute Gasteiger partial charge is 0.273 e. The molecule has 0 aromatic carbocycles. The first-order chi connectivity index (χ1) is 12.9. The van der Waals surface area contributed by atoms with Gasteiger partial charge in [0.05, 0.1) is 5.69 Å². The Hall–Kier alpha value is -2.44. The number of aromatic nitrogens is 4. The molecule has 4 rings (SSSR count). The van der Waals surface area contributed by atoms with E-state index in [1.807, 2.05) is 30.4 Å². The van der Waals surface area contributed by atoms with Crippen LogP contribution < -0.4 is 5.56 Å². The van der Waals surface area contributed by atoms with Crippen molar-refractivity contribution >= 4 is 5.91 Å². The van der Waals surface area contributed by atoms with Gasteiger partial charge in [-0.2, -0.15) is 10.1 Å². The maximum absolute atomic E-state index is 12.9. The van der Waals surface area contributed by atoms with E-state index in [1.54, 1.807) is 6.07 Å². The van der Waals surface area contributed by atoms with Crippen molar-refractivity contribution in [2.45, 2.75) is 65.5 Å². The summed E-state index contributed by atoms with van der Waals surface area (Å²) in [7, 11) is 0. The summed E-state index contributed by atoms with van der Waals surface area (Å²) in [5, 5.41) is 4.50. The van der Waals surface area contributed by atoms with E-state index in [2.05, 4.69) is 14.6 Å². The standard InChI is InChI=1S/C20H27N5O2/c1-13-14(2)22-25(15(13)3)12-20(27)23-8-4-6-16(11-23)17-10-19(26)21-18-7-5-9-24(17)18/h10,16H,4-9,11-12H2,1-3H3/t16-/m0/s1. The average molecular weight is 369 g/mol. The second-order valence-corrected chi connectivity index (χ2v) is 7.82. The molecule has 0 unspecified atom stereocenters. The zero-order valence-electron chi connectivity index (χ0n) is 16.4. The number of piperidine rings is 1. The lowest BCUT2D eigenvalue weighted by molar-refractivity contribution is -0.133. The molecule has 2 aliphatic rings. The molecule has 144 valence electrons. The van der Waals surface area contributed by atoms with E-state index < -0.39 is 0 Å². The third kappa shape index (κ3) is 3.31. The highest BCUT2D eigenvalue weighted by atomic mass is 16.2. The molecule has 7 heteroatoms. The zero-order chi connectivity index (χ0) is 19.1. The van der Waals surface area contributed by atoms with E-state index in [0.29, 0.717) is 6.54 Å². The molecule has 0 bridgehead atoms. The highest BCUT2D eigenvalue weighted by Gasteiger charge is 2.29. The van der Waals surface area contributed by atoms with Gasteiger partial charge in [0.25, 0.3) is 5.56 Å². The molecule has 0 spiro atoms. The molecule has 0 aliphatic carbocycles. The number of nitrogens with zero attached hydrogens (tertiary/aromatic N) is 5. The number of hydrogen-bond donors (Lipinski definition) is 0. The minimum absolute atomic E-state index is 0.100. The molecule has 1 amide bonds. The molecule has 1 atom stereocenters.